The lowest BCUT2D eigenvalue weighted by Gasteiger charge is -2.17. The summed E-state index contributed by atoms with van der Waals surface area (Å²) in [4.78, 5) is 6.86. The predicted octanol–water partition coefficient (Wildman–Crippen LogP) is 2.32. The molecular weight excluding hydrogens is 264 g/mol. The van der Waals surface area contributed by atoms with Gasteiger partial charge >= 0.3 is 0 Å². The van der Waals surface area contributed by atoms with Crippen molar-refractivity contribution in [2.24, 2.45) is 5.73 Å². The van der Waals surface area contributed by atoms with Gasteiger partial charge < -0.3 is 15.2 Å². The molecule has 0 radical (unpaired) electrons. The molecule has 21 heavy (non-hydrogen) atoms. The molecule has 0 aliphatic carbocycles. The molecule has 2 N–H and O–H groups in total. The van der Waals surface area contributed by atoms with Crippen LogP contribution in [0.5, 0.6) is 0 Å². The summed E-state index contributed by atoms with van der Waals surface area (Å²) >= 11 is 0. The summed E-state index contributed by atoms with van der Waals surface area (Å²) in [5.74, 6) is 1.33. The van der Waals surface area contributed by atoms with Crippen molar-refractivity contribution in [3.8, 4) is 0 Å². The molecular formula is C16H22N4O. The summed E-state index contributed by atoms with van der Waals surface area (Å²) in [5.41, 5.74) is 7.37. The molecule has 2 aromatic rings. The molecule has 2 atom stereocenters. The Labute approximate surface area is 125 Å². The highest BCUT2D eigenvalue weighted by Gasteiger charge is 2.22. The van der Waals surface area contributed by atoms with Gasteiger partial charge in [0.1, 0.15) is 0 Å². The van der Waals surface area contributed by atoms with E-state index in [9.17, 15) is 0 Å². The van der Waals surface area contributed by atoms with E-state index in [1.807, 2.05) is 18.2 Å². The largest absolute Gasteiger partial charge is 0.339 e. The van der Waals surface area contributed by atoms with E-state index in [1.54, 1.807) is 0 Å². The van der Waals surface area contributed by atoms with Crippen molar-refractivity contribution in [3.63, 3.8) is 0 Å². The van der Waals surface area contributed by atoms with Crippen LogP contribution in [-0.4, -0.2) is 34.7 Å². The van der Waals surface area contributed by atoms with Crippen molar-refractivity contribution in [2.75, 3.05) is 19.6 Å². The molecule has 0 saturated carbocycles. The SMILES string of the molecule is CC(c1ccccc1)c1nc(C(N)CN2CCCC2)no1. The molecule has 5 nitrogen and oxygen atoms in total. The molecule has 112 valence electrons. The van der Waals surface area contributed by atoms with Crippen LogP contribution >= 0.6 is 0 Å². The highest BCUT2D eigenvalue weighted by Crippen LogP contribution is 2.23. The Morgan fingerprint density at radius 2 is 1.95 bits per heavy atom. The lowest BCUT2D eigenvalue weighted by Crippen LogP contribution is -2.30. The van der Waals surface area contributed by atoms with Gasteiger partial charge in [-0.25, -0.2) is 0 Å². The van der Waals surface area contributed by atoms with E-state index >= 15 is 0 Å². The number of hydrogen-bond acceptors (Lipinski definition) is 5. The summed E-state index contributed by atoms with van der Waals surface area (Å²) in [5, 5.41) is 4.07. The molecule has 0 spiro atoms. The molecule has 2 unspecified atom stereocenters. The Morgan fingerprint density at radius 3 is 2.67 bits per heavy atom. The first-order valence-electron chi connectivity index (χ1n) is 7.60. The summed E-state index contributed by atoms with van der Waals surface area (Å²) in [7, 11) is 0. The molecule has 1 aliphatic heterocycles. The third-order valence-corrected chi connectivity index (χ3v) is 4.11. The Hall–Kier alpha value is -1.72. The van der Waals surface area contributed by atoms with Crippen LogP contribution in [0.25, 0.3) is 0 Å². The van der Waals surface area contributed by atoms with E-state index in [0.717, 1.165) is 19.6 Å². The van der Waals surface area contributed by atoms with Crippen LogP contribution in [-0.2, 0) is 0 Å². The van der Waals surface area contributed by atoms with E-state index < -0.39 is 0 Å². The smallest absolute Gasteiger partial charge is 0.233 e. The van der Waals surface area contributed by atoms with Crippen LogP contribution in [0.1, 0.15) is 49.0 Å². The molecule has 5 heteroatoms. The minimum atomic E-state index is -0.177. The maximum atomic E-state index is 6.20. The summed E-state index contributed by atoms with van der Waals surface area (Å²) in [6, 6.07) is 9.99. The zero-order valence-corrected chi connectivity index (χ0v) is 12.4. The number of nitrogens with zero attached hydrogens (tertiary/aromatic N) is 3. The van der Waals surface area contributed by atoms with Crippen molar-refractivity contribution in [1.82, 2.24) is 15.0 Å². The molecule has 1 aliphatic rings. The Bertz CT molecular complexity index is 563. The standard InChI is InChI=1S/C16H22N4O/c1-12(13-7-3-2-4-8-13)16-18-15(19-21-16)14(17)11-20-9-5-6-10-20/h2-4,7-8,12,14H,5-6,9-11,17H2,1H3. The number of likely N-dealkylation sites (tertiary alicyclic amines) is 1. The first-order valence-corrected chi connectivity index (χ1v) is 7.60. The minimum absolute atomic E-state index is 0.0893. The van der Waals surface area contributed by atoms with E-state index in [1.165, 1.54) is 18.4 Å². The maximum Gasteiger partial charge on any atom is 0.233 e. The van der Waals surface area contributed by atoms with Crippen molar-refractivity contribution in [2.45, 2.75) is 31.7 Å². The van der Waals surface area contributed by atoms with Gasteiger partial charge in [-0.2, -0.15) is 4.98 Å². The molecule has 1 aromatic carbocycles. The first-order chi connectivity index (χ1) is 10.2. The summed E-state index contributed by atoms with van der Waals surface area (Å²) in [6.45, 7) is 5.12. The summed E-state index contributed by atoms with van der Waals surface area (Å²) < 4.78 is 5.41. The molecule has 1 fully saturated rings. The van der Waals surface area contributed by atoms with Crippen LogP contribution in [0.3, 0.4) is 0 Å². The van der Waals surface area contributed by atoms with Crippen LogP contribution in [0.4, 0.5) is 0 Å². The fourth-order valence-electron chi connectivity index (χ4n) is 2.78. The molecule has 2 heterocycles. The van der Waals surface area contributed by atoms with Crippen molar-refractivity contribution in [3.05, 3.63) is 47.6 Å². The zero-order chi connectivity index (χ0) is 14.7. The fraction of sp³-hybridized carbons (Fsp3) is 0.500. The molecule has 3 rings (SSSR count). The van der Waals surface area contributed by atoms with Crippen molar-refractivity contribution < 1.29 is 4.52 Å². The second-order valence-corrected chi connectivity index (χ2v) is 5.74. The van der Waals surface area contributed by atoms with E-state index in [0.29, 0.717) is 11.7 Å². The van der Waals surface area contributed by atoms with Gasteiger partial charge in [0.25, 0.3) is 0 Å². The van der Waals surface area contributed by atoms with E-state index in [4.69, 9.17) is 10.3 Å². The van der Waals surface area contributed by atoms with Gasteiger partial charge in [0.15, 0.2) is 5.82 Å². The van der Waals surface area contributed by atoms with Crippen LogP contribution < -0.4 is 5.73 Å². The average Bonchev–Trinajstić information content (AvgIpc) is 3.18. The predicted molar refractivity (Wildman–Crippen MR) is 80.9 cm³/mol. The van der Waals surface area contributed by atoms with Gasteiger partial charge in [-0.15, -0.1) is 0 Å². The minimum Gasteiger partial charge on any atom is -0.339 e. The van der Waals surface area contributed by atoms with Gasteiger partial charge in [0.05, 0.1) is 12.0 Å². The van der Waals surface area contributed by atoms with Gasteiger partial charge in [-0.05, 0) is 38.4 Å². The van der Waals surface area contributed by atoms with Crippen molar-refractivity contribution >= 4 is 0 Å². The highest BCUT2D eigenvalue weighted by molar-refractivity contribution is 5.23. The second kappa shape index (κ2) is 6.37. The second-order valence-electron chi connectivity index (χ2n) is 5.74. The number of benzene rings is 1. The molecule has 1 aromatic heterocycles. The fourth-order valence-corrected chi connectivity index (χ4v) is 2.78. The number of hydrogen-bond donors (Lipinski definition) is 1. The molecule has 0 bridgehead atoms. The maximum absolute atomic E-state index is 6.20. The molecule has 1 saturated heterocycles. The number of rotatable bonds is 5. The molecule has 0 amide bonds. The number of nitrogens with two attached hydrogens (primary N) is 1. The van der Waals surface area contributed by atoms with E-state index in [2.05, 4.69) is 34.1 Å². The van der Waals surface area contributed by atoms with Gasteiger partial charge in [0, 0.05) is 6.54 Å². The lowest BCUT2D eigenvalue weighted by atomic mass is 10.0. The van der Waals surface area contributed by atoms with Crippen molar-refractivity contribution in [1.29, 1.82) is 0 Å². The Morgan fingerprint density at radius 1 is 1.24 bits per heavy atom. The van der Waals surface area contributed by atoms with E-state index in [-0.39, 0.29) is 12.0 Å². The van der Waals surface area contributed by atoms with Crippen LogP contribution in [0, 0.1) is 0 Å². The Balaban J connectivity index is 1.67. The average molecular weight is 286 g/mol. The first kappa shape index (κ1) is 14.2. The zero-order valence-electron chi connectivity index (χ0n) is 12.4. The highest BCUT2D eigenvalue weighted by atomic mass is 16.5. The van der Waals surface area contributed by atoms with Gasteiger partial charge in [-0.3, -0.25) is 0 Å². The van der Waals surface area contributed by atoms with Crippen LogP contribution in [0.2, 0.25) is 0 Å². The number of aromatic nitrogens is 2. The monoisotopic (exact) mass is 286 g/mol. The summed E-state index contributed by atoms with van der Waals surface area (Å²) in [6.07, 6.45) is 2.52. The normalized spacial score (nSPS) is 18.8. The van der Waals surface area contributed by atoms with Gasteiger partial charge in [-0.1, -0.05) is 35.5 Å². The lowest BCUT2D eigenvalue weighted by molar-refractivity contribution is 0.304. The third-order valence-electron chi connectivity index (χ3n) is 4.11. The van der Waals surface area contributed by atoms with Crippen LogP contribution in [0.15, 0.2) is 34.9 Å². The Kier molecular flexibility index (Phi) is 4.31. The third kappa shape index (κ3) is 3.31. The van der Waals surface area contributed by atoms with Gasteiger partial charge in [0.2, 0.25) is 5.89 Å². The quantitative estimate of drug-likeness (QED) is 0.913. The topological polar surface area (TPSA) is 68.2 Å².